The van der Waals surface area contributed by atoms with E-state index in [2.05, 4.69) is 15.4 Å². The van der Waals surface area contributed by atoms with E-state index in [1.165, 1.54) is 25.7 Å². The molecule has 0 saturated carbocycles. The van der Waals surface area contributed by atoms with Crippen LogP contribution in [0.5, 0.6) is 11.5 Å². The molecule has 0 aliphatic heterocycles. The number of carbonyl (C=O) groups excluding carboxylic acids is 1. The molecule has 204 valence electrons. The minimum absolute atomic E-state index is 0.0379. The van der Waals surface area contributed by atoms with Gasteiger partial charge in [-0.2, -0.15) is 0 Å². The average molecular weight is 547 g/mol. The Morgan fingerprint density at radius 2 is 1.31 bits per heavy atom. The molecule has 4 aromatic rings. The summed E-state index contributed by atoms with van der Waals surface area (Å²) < 4.78 is 1.55. The predicted octanol–water partition coefficient (Wildman–Crippen LogP) is 7.10. The molecule has 0 fully saturated rings. The molecule has 0 radical (unpaired) electrons. The van der Waals surface area contributed by atoms with Gasteiger partial charge in [-0.1, -0.05) is 74.9 Å². The van der Waals surface area contributed by atoms with Gasteiger partial charge in [-0.05, 0) is 49.2 Å². The second-order valence-corrected chi connectivity index (χ2v) is 9.87. The molecule has 0 spiro atoms. The molecule has 0 bridgehead atoms. The van der Waals surface area contributed by atoms with Gasteiger partial charge < -0.3 is 15.5 Å². The molecule has 0 unspecified atom stereocenters. The van der Waals surface area contributed by atoms with Crippen LogP contribution in [0.4, 0.5) is 0 Å². The lowest BCUT2D eigenvalue weighted by Gasteiger charge is -2.12. The first-order valence-electron chi connectivity index (χ1n) is 13.6. The molecule has 3 aromatic carbocycles. The Bertz CT molecular complexity index is 1370. The number of halogens is 1. The quantitative estimate of drug-likeness (QED) is 0.116. The van der Waals surface area contributed by atoms with Crippen molar-refractivity contribution in [2.24, 2.45) is 0 Å². The standard InChI is InChI=1S/C31H35ClN4O3/c32-21-13-5-3-1-2-4-6-14-22-33-31(39)23-15-7-10-18-26(23)36-30(25-17-9-12-20-28(25)38)34-29(35-36)24-16-8-11-19-27(24)37/h7-12,15-20,37-38H,1-6,13-14,21-22H2,(H,33,39). The van der Waals surface area contributed by atoms with Crippen molar-refractivity contribution in [1.29, 1.82) is 0 Å². The summed E-state index contributed by atoms with van der Waals surface area (Å²) in [4.78, 5) is 17.9. The van der Waals surface area contributed by atoms with Gasteiger partial charge in [0.15, 0.2) is 11.6 Å². The van der Waals surface area contributed by atoms with Gasteiger partial charge in [0.05, 0.1) is 22.4 Å². The summed E-state index contributed by atoms with van der Waals surface area (Å²) in [5.74, 6) is 1.26. The maximum absolute atomic E-state index is 13.2. The van der Waals surface area contributed by atoms with Gasteiger partial charge in [0.25, 0.3) is 5.91 Å². The largest absolute Gasteiger partial charge is 0.507 e. The van der Waals surface area contributed by atoms with E-state index in [0.29, 0.717) is 34.7 Å². The van der Waals surface area contributed by atoms with E-state index in [1.807, 2.05) is 12.1 Å². The molecular weight excluding hydrogens is 512 g/mol. The summed E-state index contributed by atoms with van der Waals surface area (Å²) in [6, 6.07) is 20.8. The van der Waals surface area contributed by atoms with E-state index in [1.54, 1.807) is 65.3 Å². The van der Waals surface area contributed by atoms with Gasteiger partial charge in [0.2, 0.25) is 0 Å². The highest BCUT2D eigenvalue weighted by Gasteiger charge is 2.22. The molecule has 7 nitrogen and oxygen atoms in total. The molecule has 8 heteroatoms. The van der Waals surface area contributed by atoms with Gasteiger partial charge in [-0.25, -0.2) is 9.67 Å². The number of phenols is 2. The summed E-state index contributed by atoms with van der Waals surface area (Å²) in [5.41, 5.74) is 1.89. The molecule has 0 saturated heterocycles. The Labute approximate surface area is 234 Å². The molecular formula is C31H35ClN4O3. The van der Waals surface area contributed by atoms with Crippen molar-refractivity contribution in [2.45, 2.75) is 51.4 Å². The highest BCUT2D eigenvalue weighted by Crippen LogP contribution is 2.34. The number of nitrogens with zero attached hydrogens (tertiary/aromatic N) is 3. The van der Waals surface area contributed by atoms with Crippen molar-refractivity contribution >= 4 is 17.5 Å². The van der Waals surface area contributed by atoms with Crippen LogP contribution in [0.3, 0.4) is 0 Å². The zero-order chi connectivity index (χ0) is 27.5. The SMILES string of the molecule is O=C(NCCCCCCCCCCCl)c1ccccc1-n1nc(-c2ccccc2O)nc1-c1ccccc1O. The predicted molar refractivity (Wildman–Crippen MR) is 156 cm³/mol. The summed E-state index contributed by atoms with van der Waals surface area (Å²) >= 11 is 5.73. The minimum Gasteiger partial charge on any atom is -0.507 e. The van der Waals surface area contributed by atoms with Crippen molar-refractivity contribution in [3.8, 4) is 40.0 Å². The van der Waals surface area contributed by atoms with Crippen LogP contribution in [0, 0.1) is 0 Å². The number of unbranched alkanes of at least 4 members (excludes halogenated alkanes) is 7. The molecule has 39 heavy (non-hydrogen) atoms. The first kappa shape index (κ1) is 28.2. The number of aromatic nitrogens is 3. The Morgan fingerprint density at radius 3 is 1.97 bits per heavy atom. The Morgan fingerprint density at radius 1 is 0.744 bits per heavy atom. The number of aromatic hydroxyl groups is 2. The van der Waals surface area contributed by atoms with Gasteiger partial charge in [-0.15, -0.1) is 16.7 Å². The van der Waals surface area contributed by atoms with E-state index in [4.69, 9.17) is 11.6 Å². The molecule has 1 aromatic heterocycles. The second kappa shape index (κ2) is 14.4. The number of rotatable bonds is 14. The molecule has 3 N–H and O–H groups in total. The zero-order valence-corrected chi connectivity index (χ0v) is 22.8. The number of carbonyl (C=O) groups is 1. The van der Waals surface area contributed by atoms with E-state index in [-0.39, 0.29) is 23.2 Å². The van der Waals surface area contributed by atoms with Crippen molar-refractivity contribution in [3.05, 3.63) is 78.4 Å². The Kier molecular flexibility index (Phi) is 10.4. The van der Waals surface area contributed by atoms with Crippen LogP contribution in [0.2, 0.25) is 0 Å². The van der Waals surface area contributed by atoms with Gasteiger partial charge >= 0.3 is 0 Å². The molecule has 0 atom stereocenters. The monoisotopic (exact) mass is 546 g/mol. The summed E-state index contributed by atoms with van der Waals surface area (Å²) in [5, 5.41) is 28.7. The number of alkyl halides is 1. The van der Waals surface area contributed by atoms with Crippen LogP contribution in [-0.4, -0.2) is 43.3 Å². The number of benzene rings is 3. The fraction of sp³-hybridized carbons (Fsp3) is 0.323. The lowest BCUT2D eigenvalue weighted by atomic mass is 10.1. The molecule has 0 aliphatic carbocycles. The minimum atomic E-state index is -0.200. The van der Waals surface area contributed by atoms with Crippen molar-refractivity contribution in [2.75, 3.05) is 12.4 Å². The molecule has 0 aliphatic rings. The van der Waals surface area contributed by atoms with Gasteiger partial charge in [0, 0.05) is 12.4 Å². The van der Waals surface area contributed by atoms with E-state index < -0.39 is 0 Å². The first-order valence-corrected chi connectivity index (χ1v) is 14.1. The zero-order valence-electron chi connectivity index (χ0n) is 22.0. The second-order valence-electron chi connectivity index (χ2n) is 9.50. The summed E-state index contributed by atoms with van der Waals surface area (Å²) in [7, 11) is 0. The van der Waals surface area contributed by atoms with Crippen molar-refractivity contribution in [3.63, 3.8) is 0 Å². The number of para-hydroxylation sites is 3. The maximum Gasteiger partial charge on any atom is 0.253 e. The molecule has 1 amide bonds. The summed E-state index contributed by atoms with van der Waals surface area (Å²) in [6.07, 6.45) is 9.11. The van der Waals surface area contributed by atoms with Gasteiger partial charge in [0.1, 0.15) is 11.5 Å². The van der Waals surface area contributed by atoms with Crippen LogP contribution in [0.15, 0.2) is 72.8 Å². The highest BCUT2D eigenvalue weighted by molar-refractivity contribution is 6.17. The van der Waals surface area contributed by atoms with Crippen LogP contribution in [-0.2, 0) is 0 Å². The lowest BCUT2D eigenvalue weighted by molar-refractivity contribution is 0.0952. The molecule has 4 rings (SSSR count). The third kappa shape index (κ3) is 7.39. The van der Waals surface area contributed by atoms with Crippen LogP contribution >= 0.6 is 11.6 Å². The van der Waals surface area contributed by atoms with Gasteiger partial charge in [-0.3, -0.25) is 4.79 Å². The van der Waals surface area contributed by atoms with Crippen molar-refractivity contribution < 1.29 is 15.0 Å². The Balaban J connectivity index is 1.52. The topological polar surface area (TPSA) is 100 Å². The smallest absolute Gasteiger partial charge is 0.253 e. The highest BCUT2D eigenvalue weighted by atomic mass is 35.5. The van der Waals surface area contributed by atoms with Crippen LogP contribution in [0.25, 0.3) is 28.5 Å². The maximum atomic E-state index is 13.2. The lowest BCUT2D eigenvalue weighted by Crippen LogP contribution is -2.26. The van der Waals surface area contributed by atoms with Crippen LogP contribution in [0.1, 0.15) is 61.7 Å². The average Bonchev–Trinajstić information content (AvgIpc) is 3.39. The third-order valence-electron chi connectivity index (χ3n) is 6.62. The first-order chi connectivity index (χ1) is 19.1. The number of hydrogen-bond donors (Lipinski definition) is 3. The normalized spacial score (nSPS) is 11.0. The molecule has 1 heterocycles. The van der Waals surface area contributed by atoms with Crippen LogP contribution < -0.4 is 5.32 Å². The fourth-order valence-corrected chi connectivity index (χ4v) is 4.71. The van der Waals surface area contributed by atoms with E-state index >= 15 is 0 Å². The number of hydrogen-bond acceptors (Lipinski definition) is 5. The summed E-state index contributed by atoms with van der Waals surface area (Å²) in [6.45, 7) is 0.590. The van der Waals surface area contributed by atoms with Crippen molar-refractivity contribution in [1.82, 2.24) is 20.1 Å². The number of nitrogens with one attached hydrogen (secondary N) is 1. The third-order valence-corrected chi connectivity index (χ3v) is 6.89. The fourth-order valence-electron chi connectivity index (χ4n) is 4.52. The Hall–Kier alpha value is -3.84. The van der Waals surface area contributed by atoms with E-state index in [0.717, 1.165) is 31.6 Å². The number of phenolic OH excluding ortho intramolecular Hbond substituents is 2. The van der Waals surface area contributed by atoms with E-state index in [9.17, 15) is 15.0 Å². The number of amides is 1.